The summed E-state index contributed by atoms with van der Waals surface area (Å²) in [6, 6.07) is 19.3. The van der Waals surface area contributed by atoms with Crippen LogP contribution in [0, 0.1) is 12.7 Å². The molecule has 0 saturated carbocycles. The summed E-state index contributed by atoms with van der Waals surface area (Å²) < 4.78 is 20.2. The molecule has 0 radical (unpaired) electrons. The normalized spacial score (nSPS) is 11.0. The van der Waals surface area contributed by atoms with Gasteiger partial charge in [-0.2, -0.15) is 0 Å². The molecule has 0 fully saturated rings. The van der Waals surface area contributed by atoms with Crippen molar-refractivity contribution in [2.24, 2.45) is 0 Å². The number of hydrogen-bond donors (Lipinski definition) is 2. The van der Waals surface area contributed by atoms with Gasteiger partial charge in [0, 0.05) is 19.3 Å². The van der Waals surface area contributed by atoms with E-state index in [9.17, 15) is 10.0 Å². The van der Waals surface area contributed by atoms with Crippen molar-refractivity contribution in [3.63, 3.8) is 0 Å². The van der Waals surface area contributed by atoms with E-state index in [1.54, 1.807) is 13.2 Å². The van der Waals surface area contributed by atoms with Crippen LogP contribution >= 0.6 is 0 Å². The van der Waals surface area contributed by atoms with Crippen LogP contribution in [0.15, 0.2) is 60.7 Å². The van der Waals surface area contributed by atoms with Gasteiger partial charge in [-0.1, -0.05) is 60.2 Å². The number of methoxy groups -OCH3 is 1. The highest BCUT2D eigenvalue weighted by Crippen LogP contribution is 2.30. The minimum Gasteiger partial charge on any atom is -0.427 e. The first kappa shape index (κ1) is 22.2. The number of rotatable bonds is 9. The zero-order chi connectivity index (χ0) is 21.5. The van der Waals surface area contributed by atoms with Gasteiger partial charge in [0.1, 0.15) is 5.82 Å². The Morgan fingerprint density at radius 3 is 2.20 bits per heavy atom. The zero-order valence-electron chi connectivity index (χ0n) is 17.6. The molecule has 0 aliphatic carbocycles. The molecule has 0 spiro atoms. The quantitative estimate of drug-likeness (QED) is 0.386. The fourth-order valence-electron chi connectivity index (χ4n) is 3.64. The van der Waals surface area contributed by atoms with Crippen LogP contribution in [0.2, 0.25) is 6.32 Å². The van der Waals surface area contributed by atoms with E-state index in [1.807, 2.05) is 61.5 Å². The second kappa shape index (κ2) is 10.5. The molecule has 2 N–H and O–H groups in total. The van der Waals surface area contributed by atoms with Crippen LogP contribution in [0.4, 0.5) is 4.39 Å². The molecule has 3 aromatic carbocycles. The van der Waals surface area contributed by atoms with Crippen molar-refractivity contribution in [2.75, 3.05) is 13.7 Å². The third-order valence-electron chi connectivity index (χ3n) is 5.34. The monoisotopic (exact) mass is 406 g/mol. The van der Waals surface area contributed by atoms with Crippen molar-refractivity contribution in [3.8, 4) is 22.3 Å². The van der Waals surface area contributed by atoms with Crippen LogP contribution in [0.3, 0.4) is 0 Å². The Hall–Kier alpha value is -2.47. The van der Waals surface area contributed by atoms with E-state index in [4.69, 9.17) is 4.74 Å². The van der Waals surface area contributed by atoms with Gasteiger partial charge in [0.05, 0.1) is 0 Å². The summed E-state index contributed by atoms with van der Waals surface area (Å²) >= 11 is 0. The van der Waals surface area contributed by atoms with Gasteiger partial charge in [-0.3, -0.25) is 0 Å². The molecule has 0 bridgehead atoms. The molecule has 0 amide bonds. The van der Waals surface area contributed by atoms with Crippen molar-refractivity contribution in [1.29, 1.82) is 0 Å². The first-order valence-corrected chi connectivity index (χ1v) is 10.3. The molecule has 0 unspecified atom stereocenters. The van der Waals surface area contributed by atoms with Gasteiger partial charge in [-0.05, 0) is 66.4 Å². The summed E-state index contributed by atoms with van der Waals surface area (Å²) in [6.45, 7) is 2.68. The number of aryl methyl sites for hydroxylation is 3. The van der Waals surface area contributed by atoms with Gasteiger partial charge in [0.2, 0.25) is 0 Å². The standard InChI is InChI=1S/C25H28BFO3/c1-18-5-7-19(8-6-18)22-11-12-24(25(27)17-22)23-10-9-20(13-14-26(28)29)21(16-23)4-3-15-30-2/h5-12,16-17,28-29H,3-4,13-15H2,1-2H3. The summed E-state index contributed by atoms with van der Waals surface area (Å²) in [6.07, 6.45) is 2.48. The lowest BCUT2D eigenvalue weighted by molar-refractivity contribution is 0.195. The average Bonchev–Trinajstić information content (AvgIpc) is 2.73. The average molecular weight is 406 g/mol. The highest BCUT2D eigenvalue weighted by Gasteiger charge is 2.13. The van der Waals surface area contributed by atoms with Crippen molar-refractivity contribution >= 4 is 7.12 Å². The van der Waals surface area contributed by atoms with Gasteiger partial charge in [0.25, 0.3) is 0 Å². The van der Waals surface area contributed by atoms with Crippen LogP contribution in [-0.4, -0.2) is 30.9 Å². The van der Waals surface area contributed by atoms with E-state index in [-0.39, 0.29) is 12.1 Å². The Kier molecular flexibility index (Phi) is 7.80. The first-order chi connectivity index (χ1) is 14.5. The lowest BCUT2D eigenvalue weighted by Crippen LogP contribution is -2.12. The molecule has 0 heterocycles. The van der Waals surface area contributed by atoms with Gasteiger partial charge in [0.15, 0.2) is 0 Å². The predicted octanol–water partition coefficient (Wildman–Crippen LogP) is 5.06. The maximum Gasteiger partial charge on any atom is 0.451 e. The second-order valence-electron chi connectivity index (χ2n) is 7.66. The molecule has 5 heteroatoms. The smallest absolute Gasteiger partial charge is 0.427 e. The lowest BCUT2D eigenvalue weighted by atomic mass is 9.81. The number of ether oxygens (including phenoxy) is 1. The van der Waals surface area contributed by atoms with Crippen molar-refractivity contribution in [2.45, 2.75) is 32.5 Å². The minimum atomic E-state index is -1.33. The van der Waals surface area contributed by atoms with E-state index >= 15 is 4.39 Å². The summed E-state index contributed by atoms with van der Waals surface area (Å²) in [5.74, 6) is -0.255. The maximum absolute atomic E-state index is 15.0. The number of halogens is 1. The molecule has 0 aliphatic heterocycles. The van der Waals surface area contributed by atoms with Gasteiger partial charge < -0.3 is 14.8 Å². The van der Waals surface area contributed by atoms with Crippen molar-refractivity contribution in [3.05, 3.63) is 83.2 Å². The van der Waals surface area contributed by atoms with Gasteiger partial charge in [-0.15, -0.1) is 0 Å². The SMILES string of the molecule is COCCCc1cc(-c2ccc(-c3ccc(C)cc3)cc2F)ccc1CCB(O)O. The summed E-state index contributed by atoms with van der Waals surface area (Å²) in [5.41, 5.74) is 6.54. The Morgan fingerprint density at radius 2 is 1.53 bits per heavy atom. The largest absolute Gasteiger partial charge is 0.451 e. The van der Waals surface area contributed by atoms with Crippen LogP contribution in [-0.2, 0) is 17.6 Å². The van der Waals surface area contributed by atoms with Crippen LogP contribution in [0.25, 0.3) is 22.3 Å². The lowest BCUT2D eigenvalue weighted by Gasteiger charge is -2.13. The molecule has 0 aliphatic rings. The second-order valence-corrected chi connectivity index (χ2v) is 7.66. The summed E-state index contributed by atoms with van der Waals surface area (Å²) in [7, 11) is 0.341. The highest BCUT2D eigenvalue weighted by molar-refractivity contribution is 6.41. The Bertz CT molecular complexity index is 971. The van der Waals surface area contributed by atoms with E-state index < -0.39 is 7.12 Å². The summed E-state index contributed by atoms with van der Waals surface area (Å²) in [4.78, 5) is 0. The molecular formula is C25H28BFO3. The molecule has 0 saturated heterocycles. The van der Waals surface area contributed by atoms with Gasteiger partial charge >= 0.3 is 7.12 Å². The van der Waals surface area contributed by atoms with Crippen LogP contribution in [0.5, 0.6) is 0 Å². The fraction of sp³-hybridized carbons (Fsp3) is 0.280. The first-order valence-electron chi connectivity index (χ1n) is 10.3. The Labute approximate surface area is 178 Å². The third kappa shape index (κ3) is 5.79. The zero-order valence-corrected chi connectivity index (χ0v) is 17.6. The molecule has 0 atom stereocenters. The topological polar surface area (TPSA) is 49.7 Å². The molecule has 30 heavy (non-hydrogen) atoms. The molecular weight excluding hydrogens is 378 g/mol. The van der Waals surface area contributed by atoms with E-state index in [0.29, 0.717) is 18.6 Å². The fourth-order valence-corrected chi connectivity index (χ4v) is 3.64. The molecule has 3 nitrogen and oxygen atoms in total. The highest BCUT2D eigenvalue weighted by atomic mass is 19.1. The third-order valence-corrected chi connectivity index (χ3v) is 5.34. The van der Waals surface area contributed by atoms with E-state index in [2.05, 4.69) is 0 Å². The van der Waals surface area contributed by atoms with E-state index in [1.165, 1.54) is 5.56 Å². The van der Waals surface area contributed by atoms with Crippen molar-refractivity contribution < 1.29 is 19.2 Å². The predicted molar refractivity (Wildman–Crippen MR) is 121 cm³/mol. The van der Waals surface area contributed by atoms with E-state index in [0.717, 1.165) is 40.7 Å². The molecule has 3 rings (SSSR count). The van der Waals surface area contributed by atoms with Crippen molar-refractivity contribution in [1.82, 2.24) is 0 Å². The number of benzene rings is 3. The Balaban J connectivity index is 1.89. The summed E-state index contributed by atoms with van der Waals surface area (Å²) in [5, 5.41) is 18.4. The van der Waals surface area contributed by atoms with Crippen LogP contribution in [0.1, 0.15) is 23.1 Å². The molecule has 156 valence electrons. The van der Waals surface area contributed by atoms with Crippen LogP contribution < -0.4 is 0 Å². The Morgan fingerprint density at radius 1 is 0.833 bits per heavy atom. The molecule has 3 aromatic rings. The molecule has 0 aromatic heterocycles. The number of hydrogen-bond acceptors (Lipinski definition) is 3. The minimum absolute atomic E-state index is 0.255. The van der Waals surface area contributed by atoms with Gasteiger partial charge in [-0.25, -0.2) is 4.39 Å². The maximum atomic E-state index is 15.0.